The van der Waals surface area contributed by atoms with Crippen LogP contribution in [0.4, 0.5) is 45.6 Å². The summed E-state index contributed by atoms with van der Waals surface area (Å²) in [5.74, 6) is -3.64. The molecule has 0 radical (unpaired) electrons. The lowest BCUT2D eigenvalue weighted by Gasteiger charge is -2.15. The molecule has 0 saturated carbocycles. The van der Waals surface area contributed by atoms with Crippen molar-refractivity contribution in [3.63, 3.8) is 0 Å². The Bertz CT molecular complexity index is 1410. The molecular weight excluding hydrogens is 556 g/mol. The lowest BCUT2D eigenvalue weighted by molar-refractivity contribution is -0.143. The highest BCUT2D eigenvalue weighted by molar-refractivity contribution is 7.92. The van der Waals surface area contributed by atoms with E-state index in [9.17, 15) is 48.3 Å². The van der Waals surface area contributed by atoms with Gasteiger partial charge in [-0.3, -0.25) is 4.72 Å². The van der Waals surface area contributed by atoms with E-state index in [0.29, 0.717) is 18.4 Å². The number of rotatable bonds is 6. The summed E-state index contributed by atoms with van der Waals surface area (Å²) in [6, 6.07) is 3.10. The zero-order chi connectivity index (χ0) is 28.6. The average molecular weight is 572 g/mol. The molecule has 1 unspecified atom stereocenters. The molecule has 3 aromatic rings. The van der Waals surface area contributed by atoms with E-state index in [1.807, 2.05) is 0 Å². The molecule has 0 saturated heterocycles. The van der Waals surface area contributed by atoms with Gasteiger partial charge < -0.3 is 14.5 Å². The fourth-order valence-electron chi connectivity index (χ4n) is 3.13. The lowest BCUT2D eigenvalue weighted by atomic mass is 10.0. The van der Waals surface area contributed by atoms with Crippen LogP contribution in [0.2, 0.25) is 0 Å². The molecule has 1 amide bonds. The molecule has 0 bridgehead atoms. The van der Waals surface area contributed by atoms with Crippen LogP contribution in [0, 0.1) is 11.6 Å². The maximum atomic E-state index is 14.2. The van der Waals surface area contributed by atoms with Gasteiger partial charge in [-0.2, -0.15) is 26.3 Å². The van der Waals surface area contributed by atoms with Crippen molar-refractivity contribution in [3.05, 3.63) is 70.8 Å². The van der Waals surface area contributed by atoms with E-state index < -0.39 is 80.2 Å². The average Bonchev–Trinajstić information content (AvgIpc) is 3.22. The molecule has 1 heterocycles. The molecule has 7 nitrogen and oxygen atoms in total. The van der Waals surface area contributed by atoms with E-state index in [-0.39, 0.29) is 11.6 Å². The Hall–Kier alpha value is -3.82. The second-order valence-electron chi connectivity index (χ2n) is 7.90. The minimum atomic E-state index is -5.09. The van der Waals surface area contributed by atoms with Gasteiger partial charge in [-0.15, -0.1) is 0 Å². The topological polar surface area (TPSA) is 97.6 Å². The second kappa shape index (κ2) is 10.2. The van der Waals surface area contributed by atoms with Crippen molar-refractivity contribution in [2.45, 2.75) is 25.3 Å². The van der Waals surface area contributed by atoms with E-state index in [1.54, 1.807) is 4.72 Å². The van der Waals surface area contributed by atoms with Crippen LogP contribution in [0.25, 0.3) is 11.3 Å². The van der Waals surface area contributed by atoms with Crippen LogP contribution in [0.3, 0.4) is 0 Å². The Morgan fingerprint density at radius 1 is 0.921 bits per heavy atom. The van der Waals surface area contributed by atoms with E-state index >= 15 is 0 Å². The van der Waals surface area contributed by atoms with Crippen LogP contribution in [0.5, 0.6) is 5.95 Å². The largest absolute Gasteiger partial charge is 0.425 e. The first kappa shape index (κ1) is 28.7. The highest BCUT2D eigenvalue weighted by Gasteiger charge is 2.37. The van der Waals surface area contributed by atoms with Crippen molar-refractivity contribution < 1.29 is 57.5 Å². The first-order valence-electron chi connectivity index (χ1n) is 10.2. The van der Waals surface area contributed by atoms with Gasteiger partial charge in [0.1, 0.15) is 11.4 Å². The van der Waals surface area contributed by atoms with E-state index in [0.717, 1.165) is 24.3 Å². The number of amides is 1. The first-order chi connectivity index (χ1) is 17.3. The van der Waals surface area contributed by atoms with Crippen molar-refractivity contribution >= 4 is 21.8 Å². The van der Waals surface area contributed by atoms with Crippen LogP contribution in [-0.2, 0) is 22.4 Å². The predicted octanol–water partition coefficient (Wildman–Crippen LogP) is 6.48. The number of carbonyl (C=O) groups is 1. The van der Waals surface area contributed by atoms with E-state index in [4.69, 9.17) is 9.15 Å². The number of halogens is 8. The van der Waals surface area contributed by atoms with Crippen LogP contribution in [0.1, 0.15) is 29.7 Å². The van der Waals surface area contributed by atoms with Gasteiger partial charge in [0, 0.05) is 11.6 Å². The number of ether oxygens (including phenoxy) is 1. The van der Waals surface area contributed by atoms with Crippen LogP contribution in [0.15, 0.2) is 46.9 Å². The molecule has 1 atom stereocenters. The third-order valence-electron chi connectivity index (χ3n) is 4.83. The summed E-state index contributed by atoms with van der Waals surface area (Å²) < 4.78 is 141. The quantitative estimate of drug-likeness (QED) is 0.330. The summed E-state index contributed by atoms with van der Waals surface area (Å²) in [5.41, 5.74) is -4.82. The van der Waals surface area contributed by atoms with Crippen molar-refractivity contribution in [1.82, 2.24) is 5.32 Å². The molecule has 206 valence electrons. The molecule has 16 heteroatoms. The SMILES string of the molecule is CC(NC(=O)Oc1ccc(-c2cc(C(F)(F)F)cc(C(F)(F)F)c2)o1)c1cc(F)c(NS(C)(=O)=O)c(F)c1. The normalized spacial score (nSPS) is 13.2. The van der Waals surface area contributed by atoms with Gasteiger partial charge in [-0.25, -0.2) is 22.0 Å². The highest BCUT2D eigenvalue weighted by Crippen LogP contribution is 2.39. The van der Waals surface area contributed by atoms with Gasteiger partial charge in [0.05, 0.1) is 23.4 Å². The fraction of sp³-hybridized carbons (Fsp3) is 0.227. The van der Waals surface area contributed by atoms with E-state index in [1.165, 1.54) is 6.92 Å². The van der Waals surface area contributed by atoms with Crippen LogP contribution >= 0.6 is 0 Å². The zero-order valence-corrected chi connectivity index (χ0v) is 19.9. The van der Waals surface area contributed by atoms with E-state index in [2.05, 4.69) is 5.32 Å². The molecule has 0 aliphatic rings. The Balaban J connectivity index is 1.77. The number of hydrogen-bond acceptors (Lipinski definition) is 5. The Morgan fingerprint density at radius 3 is 1.92 bits per heavy atom. The highest BCUT2D eigenvalue weighted by atomic mass is 32.2. The number of hydrogen-bond donors (Lipinski definition) is 2. The number of sulfonamides is 1. The third-order valence-corrected chi connectivity index (χ3v) is 5.41. The molecule has 0 aliphatic heterocycles. The van der Waals surface area contributed by atoms with Crippen LogP contribution < -0.4 is 14.8 Å². The molecule has 2 aromatic carbocycles. The summed E-state index contributed by atoms with van der Waals surface area (Å²) in [5, 5.41) is 2.18. The second-order valence-corrected chi connectivity index (χ2v) is 9.65. The summed E-state index contributed by atoms with van der Waals surface area (Å²) in [7, 11) is -3.99. The molecule has 1 aromatic heterocycles. The Labute approximate surface area is 209 Å². The monoisotopic (exact) mass is 572 g/mol. The molecule has 0 fully saturated rings. The third kappa shape index (κ3) is 7.14. The summed E-state index contributed by atoms with van der Waals surface area (Å²) in [6.45, 7) is 1.29. The number of anilines is 1. The van der Waals surface area contributed by atoms with Crippen LogP contribution in [-0.4, -0.2) is 20.8 Å². The van der Waals surface area contributed by atoms with Gasteiger partial charge >= 0.3 is 18.4 Å². The number of furan rings is 1. The molecule has 0 spiro atoms. The number of benzene rings is 2. The predicted molar refractivity (Wildman–Crippen MR) is 117 cm³/mol. The Morgan fingerprint density at radius 2 is 1.45 bits per heavy atom. The fourth-order valence-corrected chi connectivity index (χ4v) is 3.70. The molecule has 0 aliphatic carbocycles. The standard InChI is InChI=1S/C22H16F8N2O5S/c1-10(11-7-15(23)19(16(24)8-11)32-38(2,34)35)31-20(33)37-18-4-3-17(36-18)12-5-13(21(25,26)27)9-14(6-12)22(28,29)30/h3-10,32H,1-2H3,(H,31,33). The van der Waals surface area contributed by atoms with Crippen molar-refractivity contribution in [2.24, 2.45) is 0 Å². The first-order valence-corrected chi connectivity index (χ1v) is 12.1. The van der Waals surface area contributed by atoms with Gasteiger partial charge in [0.15, 0.2) is 11.6 Å². The summed E-state index contributed by atoms with van der Waals surface area (Å²) in [6.07, 6.45) is -10.7. The molecule has 3 rings (SSSR count). The zero-order valence-electron chi connectivity index (χ0n) is 19.1. The Kier molecular flexibility index (Phi) is 7.68. The molecule has 38 heavy (non-hydrogen) atoms. The maximum absolute atomic E-state index is 14.2. The van der Waals surface area contributed by atoms with Crippen molar-refractivity contribution in [3.8, 4) is 17.3 Å². The summed E-state index contributed by atoms with van der Waals surface area (Å²) in [4.78, 5) is 12.2. The number of alkyl halides is 6. The van der Waals surface area contributed by atoms with Gasteiger partial charge in [0.25, 0.3) is 5.95 Å². The van der Waals surface area contributed by atoms with Gasteiger partial charge in [0.2, 0.25) is 10.0 Å². The summed E-state index contributed by atoms with van der Waals surface area (Å²) >= 11 is 0. The molecular formula is C22H16F8N2O5S. The smallest absolute Gasteiger partial charge is 0.416 e. The lowest BCUT2D eigenvalue weighted by Crippen LogP contribution is -2.29. The van der Waals surface area contributed by atoms with Gasteiger partial charge in [-0.1, -0.05) is 0 Å². The minimum absolute atomic E-state index is 0.0614. The molecule has 2 N–H and O–H groups in total. The van der Waals surface area contributed by atoms with Crippen molar-refractivity contribution in [2.75, 3.05) is 11.0 Å². The minimum Gasteiger partial charge on any atom is -0.425 e. The van der Waals surface area contributed by atoms with Gasteiger partial charge in [-0.05, 0) is 48.9 Å². The number of nitrogens with one attached hydrogen (secondary N) is 2. The maximum Gasteiger partial charge on any atom is 0.416 e. The number of carbonyl (C=O) groups excluding carboxylic acids is 1. The van der Waals surface area contributed by atoms with Crippen molar-refractivity contribution in [1.29, 1.82) is 0 Å².